The SMILES string of the molecule is CCC(C)C1C(Cl)=CON1C1CC1(F)F. The van der Waals surface area contributed by atoms with E-state index in [1.54, 1.807) is 0 Å². The van der Waals surface area contributed by atoms with Gasteiger partial charge < -0.3 is 4.84 Å². The Morgan fingerprint density at radius 3 is 2.80 bits per heavy atom. The first-order valence-electron chi connectivity index (χ1n) is 5.16. The molecule has 3 atom stereocenters. The Kier molecular flexibility index (Phi) is 2.67. The van der Waals surface area contributed by atoms with E-state index in [1.165, 1.54) is 11.3 Å². The molecule has 1 heterocycles. The second kappa shape index (κ2) is 3.59. The molecule has 15 heavy (non-hydrogen) atoms. The van der Waals surface area contributed by atoms with Gasteiger partial charge in [-0.15, -0.1) is 5.06 Å². The third kappa shape index (κ3) is 1.85. The normalized spacial score (nSPS) is 35.9. The van der Waals surface area contributed by atoms with Gasteiger partial charge in [-0.2, -0.15) is 0 Å². The zero-order chi connectivity index (χ0) is 11.2. The van der Waals surface area contributed by atoms with Crippen molar-refractivity contribution < 1.29 is 13.6 Å². The molecule has 1 aliphatic carbocycles. The van der Waals surface area contributed by atoms with Crippen LogP contribution in [0.5, 0.6) is 0 Å². The van der Waals surface area contributed by atoms with Crippen molar-refractivity contribution in [3.8, 4) is 0 Å². The van der Waals surface area contributed by atoms with Gasteiger partial charge in [0, 0.05) is 6.42 Å². The summed E-state index contributed by atoms with van der Waals surface area (Å²) in [5.74, 6) is -2.39. The molecule has 3 unspecified atom stereocenters. The number of hydroxylamine groups is 2. The molecule has 1 aliphatic heterocycles. The summed E-state index contributed by atoms with van der Waals surface area (Å²) in [6, 6.07) is -1.01. The lowest BCUT2D eigenvalue weighted by atomic mass is 9.99. The fourth-order valence-corrected chi connectivity index (χ4v) is 2.21. The number of rotatable bonds is 3. The fourth-order valence-electron chi connectivity index (χ4n) is 1.86. The monoisotopic (exact) mass is 237 g/mol. The molecular weight excluding hydrogens is 224 g/mol. The first kappa shape index (κ1) is 11.1. The van der Waals surface area contributed by atoms with Crippen molar-refractivity contribution in [1.82, 2.24) is 5.06 Å². The summed E-state index contributed by atoms with van der Waals surface area (Å²) < 4.78 is 25.9. The van der Waals surface area contributed by atoms with Gasteiger partial charge in [0.15, 0.2) is 0 Å². The van der Waals surface area contributed by atoms with Crippen LogP contribution in [-0.2, 0) is 4.84 Å². The molecule has 0 bridgehead atoms. The van der Waals surface area contributed by atoms with Gasteiger partial charge in [0.05, 0.1) is 11.1 Å². The van der Waals surface area contributed by atoms with Crippen molar-refractivity contribution in [3.63, 3.8) is 0 Å². The number of alkyl halides is 2. The molecule has 2 rings (SSSR count). The van der Waals surface area contributed by atoms with Crippen LogP contribution >= 0.6 is 11.6 Å². The average Bonchev–Trinajstić information content (AvgIpc) is 2.64. The minimum Gasteiger partial charge on any atom is -0.411 e. The van der Waals surface area contributed by atoms with Crippen molar-refractivity contribution in [2.45, 2.75) is 44.7 Å². The minimum atomic E-state index is -2.61. The molecule has 2 aliphatic rings. The van der Waals surface area contributed by atoms with E-state index >= 15 is 0 Å². The molecule has 2 nitrogen and oxygen atoms in total. The van der Waals surface area contributed by atoms with E-state index < -0.39 is 12.0 Å². The zero-order valence-corrected chi connectivity index (χ0v) is 9.47. The smallest absolute Gasteiger partial charge is 0.268 e. The quantitative estimate of drug-likeness (QED) is 0.748. The van der Waals surface area contributed by atoms with Gasteiger partial charge in [-0.3, -0.25) is 0 Å². The maximum atomic E-state index is 12.9. The largest absolute Gasteiger partial charge is 0.411 e. The Balaban J connectivity index is 2.08. The van der Waals surface area contributed by atoms with Crippen molar-refractivity contribution in [3.05, 3.63) is 11.3 Å². The molecule has 0 aromatic carbocycles. The van der Waals surface area contributed by atoms with E-state index in [2.05, 4.69) is 0 Å². The van der Waals surface area contributed by atoms with Crippen LogP contribution in [0.4, 0.5) is 8.78 Å². The third-order valence-corrected chi connectivity index (χ3v) is 3.44. The van der Waals surface area contributed by atoms with E-state index in [4.69, 9.17) is 16.4 Å². The zero-order valence-electron chi connectivity index (χ0n) is 8.71. The van der Waals surface area contributed by atoms with E-state index in [-0.39, 0.29) is 18.4 Å². The van der Waals surface area contributed by atoms with Crippen molar-refractivity contribution in [2.75, 3.05) is 0 Å². The highest BCUT2D eigenvalue weighted by atomic mass is 35.5. The summed E-state index contributed by atoms with van der Waals surface area (Å²) in [6.45, 7) is 4.00. The Morgan fingerprint density at radius 1 is 1.73 bits per heavy atom. The van der Waals surface area contributed by atoms with E-state index in [1.807, 2.05) is 13.8 Å². The molecular formula is C10H14ClF2NO. The number of hydrogen-bond donors (Lipinski definition) is 0. The highest BCUT2D eigenvalue weighted by molar-refractivity contribution is 6.30. The molecule has 5 heteroatoms. The molecule has 0 N–H and O–H groups in total. The van der Waals surface area contributed by atoms with Crippen LogP contribution in [-0.4, -0.2) is 23.1 Å². The topological polar surface area (TPSA) is 12.5 Å². The maximum Gasteiger partial charge on any atom is 0.268 e. The predicted molar refractivity (Wildman–Crippen MR) is 53.5 cm³/mol. The molecule has 0 amide bonds. The van der Waals surface area contributed by atoms with Crippen molar-refractivity contribution in [1.29, 1.82) is 0 Å². The van der Waals surface area contributed by atoms with E-state index in [0.29, 0.717) is 5.03 Å². The lowest BCUT2D eigenvalue weighted by Gasteiger charge is -2.27. The fraction of sp³-hybridized carbons (Fsp3) is 0.800. The molecule has 86 valence electrons. The highest BCUT2D eigenvalue weighted by Gasteiger charge is 2.64. The van der Waals surface area contributed by atoms with Crippen LogP contribution in [0.1, 0.15) is 26.7 Å². The Bertz CT molecular complexity index is 295. The number of nitrogens with zero attached hydrogens (tertiary/aromatic N) is 1. The molecule has 0 spiro atoms. The van der Waals surface area contributed by atoms with Crippen LogP contribution in [0.15, 0.2) is 11.3 Å². The van der Waals surface area contributed by atoms with Gasteiger partial charge in [0.25, 0.3) is 5.92 Å². The van der Waals surface area contributed by atoms with Crippen LogP contribution in [0.25, 0.3) is 0 Å². The molecule has 0 aromatic rings. The van der Waals surface area contributed by atoms with Gasteiger partial charge in [0.2, 0.25) is 0 Å². The second-order valence-electron chi connectivity index (χ2n) is 4.28. The molecule has 0 saturated heterocycles. The molecule has 0 aromatic heterocycles. The standard InChI is InChI=1S/C10H14ClF2NO/c1-3-6(2)9-7(11)5-15-14(9)8-4-10(8,12)13/h5-6,8-9H,3-4H2,1-2H3. The summed E-state index contributed by atoms with van der Waals surface area (Å²) in [6.07, 6.45) is 2.12. The van der Waals surface area contributed by atoms with E-state index in [0.717, 1.165) is 6.42 Å². The van der Waals surface area contributed by atoms with Crippen LogP contribution in [0.3, 0.4) is 0 Å². The summed E-state index contributed by atoms with van der Waals surface area (Å²) in [4.78, 5) is 5.12. The first-order chi connectivity index (χ1) is 6.97. The molecule has 0 radical (unpaired) electrons. The van der Waals surface area contributed by atoms with Crippen LogP contribution in [0.2, 0.25) is 0 Å². The molecule has 1 saturated carbocycles. The third-order valence-electron chi connectivity index (χ3n) is 3.13. The minimum absolute atomic E-state index is 0.127. The summed E-state index contributed by atoms with van der Waals surface area (Å²) in [5.41, 5.74) is 0. The van der Waals surface area contributed by atoms with Gasteiger partial charge in [-0.05, 0) is 5.92 Å². The average molecular weight is 238 g/mol. The van der Waals surface area contributed by atoms with Crippen molar-refractivity contribution >= 4 is 11.6 Å². The maximum absolute atomic E-state index is 12.9. The second-order valence-corrected chi connectivity index (χ2v) is 4.72. The first-order valence-corrected chi connectivity index (χ1v) is 5.53. The lowest BCUT2D eigenvalue weighted by molar-refractivity contribution is -0.143. The summed E-state index contributed by atoms with van der Waals surface area (Å²) in [5, 5.41) is 1.88. The Labute approximate surface area is 92.8 Å². The van der Waals surface area contributed by atoms with Gasteiger partial charge in [-0.1, -0.05) is 31.9 Å². The number of halogens is 3. The Morgan fingerprint density at radius 2 is 2.33 bits per heavy atom. The Hall–Kier alpha value is -0.350. The van der Waals surface area contributed by atoms with Crippen LogP contribution < -0.4 is 0 Å². The van der Waals surface area contributed by atoms with Gasteiger partial charge in [0.1, 0.15) is 12.3 Å². The number of hydrogen-bond acceptors (Lipinski definition) is 2. The highest BCUT2D eigenvalue weighted by Crippen LogP contribution is 2.49. The summed E-state index contributed by atoms with van der Waals surface area (Å²) >= 11 is 5.96. The summed E-state index contributed by atoms with van der Waals surface area (Å²) in [7, 11) is 0. The lowest BCUT2D eigenvalue weighted by Crippen LogP contribution is -2.38. The van der Waals surface area contributed by atoms with E-state index in [9.17, 15) is 8.78 Å². The van der Waals surface area contributed by atoms with Crippen molar-refractivity contribution in [2.24, 2.45) is 5.92 Å². The van der Waals surface area contributed by atoms with Gasteiger partial charge in [-0.25, -0.2) is 8.78 Å². The van der Waals surface area contributed by atoms with Crippen LogP contribution in [0, 0.1) is 5.92 Å². The molecule has 1 fully saturated rings. The predicted octanol–water partition coefficient (Wildman–Crippen LogP) is 3.14. The van der Waals surface area contributed by atoms with Gasteiger partial charge >= 0.3 is 0 Å².